The average molecular weight is 274 g/mol. The van der Waals surface area contributed by atoms with Gasteiger partial charge in [0.1, 0.15) is 5.82 Å². The van der Waals surface area contributed by atoms with Crippen LogP contribution < -0.4 is 10.6 Å². The van der Waals surface area contributed by atoms with Crippen molar-refractivity contribution in [3.05, 3.63) is 23.4 Å². The molecule has 0 fully saturated rings. The highest BCUT2D eigenvalue weighted by Crippen LogP contribution is 2.20. The first-order valence-electron chi connectivity index (χ1n) is 7.79. The first-order chi connectivity index (χ1) is 9.78. The van der Waals surface area contributed by atoms with Crippen LogP contribution in [0.4, 0.5) is 11.8 Å². The van der Waals surface area contributed by atoms with E-state index in [-0.39, 0.29) is 0 Å². The predicted octanol–water partition coefficient (Wildman–Crippen LogP) is 3.91. The average Bonchev–Trinajstić information content (AvgIpc) is 2.46. The Balaban J connectivity index is 1.85. The second-order valence-electron chi connectivity index (χ2n) is 5.43. The largest absolute Gasteiger partial charge is 0.370 e. The molecule has 1 aromatic heterocycles. The van der Waals surface area contributed by atoms with Crippen LogP contribution in [0.15, 0.2) is 17.7 Å². The van der Waals surface area contributed by atoms with E-state index in [1.807, 2.05) is 13.0 Å². The van der Waals surface area contributed by atoms with Crippen LogP contribution >= 0.6 is 0 Å². The second-order valence-corrected chi connectivity index (χ2v) is 5.43. The fourth-order valence-electron chi connectivity index (χ4n) is 2.46. The third-order valence-electron chi connectivity index (χ3n) is 3.52. The number of nitrogens with zero attached hydrogens (tertiary/aromatic N) is 2. The molecule has 0 atom stereocenters. The smallest absolute Gasteiger partial charge is 0.224 e. The van der Waals surface area contributed by atoms with Gasteiger partial charge in [-0.1, -0.05) is 18.6 Å². The van der Waals surface area contributed by atoms with Crippen LogP contribution in [0.5, 0.6) is 0 Å². The molecule has 1 aliphatic rings. The number of nitrogens with one attached hydrogen (secondary N) is 2. The van der Waals surface area contributed by atoms with Crippen LogP contribution in [0.1, 0.15) is 51.1 Å². The van der Waals surface area contributed by atoms with E-state index in [4.69, 9.17) is 0 Å². The van der Waals surface area contributed by atoms with E-state index in [1.54, 1.807) is 5.57 Å². The van der Waals surface area contributed by atoms with Gasteiger partial charge in [0.15, 0.2) is 0 Å². The molecule has 4 nitrogen and oxygen atoms in total. The minimum atomic E-state index is 0.736. The molecule has 0 aromatic carbocycles. The number of aryl methyl sites for hydroxylation is 1. The number of hydrogen-bond donors (Lipinski definition) is 2. The van der Waals surface area contributed by atoms with Gasteiger partial charge in [-0.05, 0) is 45.4 Å². The van der Waals surface area contributed by atoms with Gasteiger partial charge in [0.2, 0.25) is 5.95 Å². The van der Waals surface area contributed by atoms with E-state index >= 15 is 0 Å². The van der Waals surface area contributed by atoms with Gasteiger partial charge in [-0.25, -0.2) is 4.98 Å². The fourth-order valence-corrected chi connectivity index (χ4v) is 2.46. The Morgan fingerprint density at radius 1 is 1.15 bits per heavy atom. The topological polar surface area (TPSA) is 49.8 Å². The van der Waals surface area contributed by atoms with Gasteiger partial charge in [0.25, 0.3) is 0 Å². The van der Waals surface area contributed by atoms with Crippen molar-refractivity contribution < 1.29 is 0 Å². The van der Waals surface area contributed by atoms with Gasteiger partial charge in [0.05, 0.1) is 0 Å². The summed E-state index contributed by atoms with van der Waals surface area (Å²) in [5.41, 5.74) is 2.58. The molecule has 2 rings (SSSR count). The predicted molar refractivity (Wildman–Crippen MR) is 85.2 cm³/mol. The third-order valence-corrected chi connectivity index (χ3v) is 3.52. The van der Waals surface area contributed by atoms with Crippen molar-refractivity contribution in [3.8, 4) is 0 Å². The molecule has 20 heavy (non-hydrogen) atoms. The second kappa shape index (κ2) is 7.88. The highest BCUT2D eigenvalue weighted by molar-refractivity contribution is 5.42. The summed E-state index contributed by atoms with van der Waals surface area (Å²) in [5.74, 6) is 1.65. The first-order valence-corrected chi connectivity index (χ1v) is 7.79. The maximum atomic E-state index is 4.50. The minimum absolute atomic E-state index is 0.736. The van der Waals surface area contributed by atoms with Crippen LogP contribution in [0.25, 0.3) is 0 Å². The molecule has 0 bridgehead atoms. The van der Waals surface area contributed by atoms with Crippen molar-refractivity contribution in [2.75, 3.05) is 23.7 Å². The molecule has 2 N–H and O–H groups in total. The molecule has 1 heterocycles. The Morgan fingerprint density at radius 2 is 2.05 bits per heavy atom. The number of aromatic nitrogens is 2. The fraction of sp³-hybridized carbons (Fsp3) is 0.625. The Bertz CT molecular complexity index is 454. The highest BCUT2D eigenvalue weighted by Gasteiger charge is 2.05. The lowest BCUT2D eigenvalue weighted by molar-refractivity contribution is 0.679. The van der Waals surface area contributed by atoms with Gasteiger partial charge in [-0.3, -0.25) is 0 Å². The van der Waals surface area contributed by atoms with E-state index in [9.17, 15) is 0 Å². The maximum Gasteiger partial charge on any atom is 0.224 e. The monoisotopic (exact) mass is 274 g/mol. The molecule has 4 heteroatoms. The molecule has 0 aliphatic heterocycles. The van der Waals surface area contributed by atoms with Crippen LogP contribution in [0, 0.1) is 6.92 Å². The molecular formula is C16H26N4. The van der Waals surface area contributed by atoms with Gasteiger partial charge in [-0.2, -0.15) is 4.98 Å². The lowest BCUT2D eigenvalue weighted by Gasteiger charge is -2.13. The van der Waals surface area contributed by atoms with E-state index in [2.05, 4.69) is 33.6 Å². The number of allylic oxidation sites excluding steroid dienone is 1. The minimum Gasteiger partial charge on any atom is -0.370 e. The molecule has 110 valence electrons. The molecule has 0 saturated heterocycles. The maximum absolute atomic E-state index is 4.50. The van der Waals surface area contributed by atoms with Crippen molar-refractivity contribution in [2.24, 2.45) is 0 Å². The van der Waals surface area contributed by atoms with Crippen molar-refractivity contribution in [3.63, 3.8) is 0 Å². The Kier molecular flexibility index (Phi) is 5.84. The van der Waals surface area contributed by atoms with E-state index in [0.717, 1.165) is 43.4 Å². The number of hydrogen-bond acceptors (Lipinski definition) is 4. The summed E-state index contributed by atoms with van der Waals surface area (Å²) in [4.78, 5) is 8.94. The Labute approximate surface area is 122 Å². The molecule has 1 aliphatic carbocycles. The van der Waals surface area contributed by atoms with Gasteiger partial charge < -0.3 is 10.6 Å². The SMILES string of the molecule is CCCNc1cc(C)nc(NCCC2=CCCCC2)n1. The molecule has 0 spiro atoms. The van der Waals surface area contributed by atoms with Crippen molar-refractivity contribution in [1.29, 1.82) is 0 Å². The zero-order valence-electron chi connectivity index (χ0n) is 12.7. The van der Waals surface area contributed by atoms with Crippen LogP contribution in [0.3, 0.4) is 0 Å². The van der Waals surface area contributed by atoms with Crippen LogP contribution in [0.2, 0.25) is 0 Å². The zero-order chi connectivity index (χ0) is 14.2. The zero-order valence-corrected chi connectivity index (χ0v) is 12.7. The standard InChI is InChI=1S/C16H26N4/c1-3-10-17-15-12-13(2)19-16(20-15)18-11-9-14-7-5-4-6-8-14/h7,12H,3-6,8-11H2,1-2H3,(H2,17,18,19,20). The highest BCUT2D eigenvalue weighted by atomic mass is 15.1. The summed E-state index contributed by atoms with van der Waals surface area (Å²) in [6.07, 6.45) is 9.81. The molecule has 0 amide bonds. The van der Waals surface area contributed by atoms with Crippen molar-refractivity contribution in [1.82, 2.24) is 9.97 Å². The number of anilines is 2. The molecule has 0 radical (unpaired) electrons. The summed E-state index contributed by atoms with van der Waals surface area (Å²) in [7, 11) is 0. The summed E-state index contributed by atoms with van der Waals surface area (Å²) in [6, 6.07) is 1.99. The molecule has 0 unspecified atom stereocenters. The number of rotatable bonds is 7. The quantitative estimate of drug-likeness (QED) is 0.740. The van der Waals surface area contributed by atoms with E-state index in [1.165, 1.54) is 25.7 Å². The molecule has 1 aromatic rings. The Hall–Kier alpha value is -1.58. The molecule has 0 saturated carbocycles. The summed E-state index contributed by atoms with van der Waals surface area (Å²) in [5, 5.41) is 6.66. The third kappa shape index (κ3) is 4.83. The van der Waals surface area contributed by atoms with Gasteiger partial charge >= 0.3 is 0 Å². The van der Waals surface area contributed by atoms with Gasteiger partial charge in [0, 0.05) is 24.8 Å². The summed E-state index contributed by atoms with van der Waals surface area (Å²) in [6.45, 7) is 6.02. The Morgan fingerprint density at radius 3 is 2.80 bits per heavy atom. The van der Waals surface area contributed by atoms with E-state index in [0.29, 0.717) is 0 Å². The first kappa shape index (κ1) is 14.8. The van der Waals surface area contributed by atoms with Gasteiger partial charge in [-0.15, -0.1) is 0 Å². The lowest BCUT2D eigenvalue weighted by atomic mass is 9.97. The normalized spacial score (nSPS) is 14.8. The van der Waals surface area contributed by atoms with E-state index < -0.39 is 0 Å². The summed E-state index contributed by atoms with van der Waals surface area (Å²) < 4.78 is 0. The van der Waals surface area contributed by atoms with Crippen LogP contribution in [-0.4, -0.2) is 23.1 Å². The van der Waals surface area contributed by atoms with Crippen molar-refractivity contribution in [2.45, 2.75) is 52.4 Å². The van der Waals surface area contributed by atoms with Crippen molar-refractivity contribution >= 4 is 11.8 Å². The van der Waals surface area contributed by atoms with Crippen LogP contribution in [-0.2, 0) is 0 Å². The molecular weight excluding hydrogens is 248 g/mol. The lowest BCUT2D eigenvalue weighted by Crippen LogP contribution is -2.10. The summed E-state index contributed by atoms with van der Waals surface area (Å²) >= 11 is 0.